The Hall–Kier alpha value is -1.37. The second-order valence-corrected chi connectivity index (χ2v) is 5.86. The van der Waals surface area contributed by atoms with Gasteiger partial charge in [0.1, 0.15) is 6.54 Å². The number of rotatable bonds is 3. The molecule has 0 saturated carbocycles. The van der Waals surface area contributed by atoms with Gasteiger partial charge in [0.15, 0.2) is 0 Å². The molecule has 1 aromatic rings. The molecular weight excluding hydrogens is 240 g/mol. The molecule has 0 unspecified atom stereocenters. The Bertz CT molecular complexity index is 422. The van der Waals surface area contributed by atoms with E-state index < -0.39 is 10.8 Å². The summed E-state index contributed by atoms with van der Waals surface area (Å²) in [7, 11) is -0.696. The molecule has 1 fully saturated rings. The summed E-state index contributed by atoms with van der Waals surface area (Å²) in [6.07, 6.45) is 4.71. The number of nitrogen functional groups attached to an aromatic ring is 1. The van der Waals surface area contributed by atoms with Gasteiger partial charge in [-0.25, -0.2) is 0 Å². The van der Waals surface area contributed by atoms with Crippen LogP contribution < -0.4 is 11.1 Å². The molecule has 0 bridgehead atoms. The lowest BCUT2D eigenvalue weighted by Crippen LogP contribution is -2.41. The van der Waals surface area contributed by atoms with Crippen LogP contribution in [0, 0.1) is 0 Å². The highest BCUT2D eigenvalue weighted by atomic mass is 32.2. The van der Waals surface area contributed by atoms with E-state index in [0.29, 0.717) is 17.2 Å². The molecule has 0 aromatic carbocycles. The fraction of sp³-hybridized carbons (Fsp3) is 0.600. The average molecular weight is 256 g/mol. The summed E-state index contributed by atoms with van der Waals surface area (Å²) in [5.41, 5.74) is 6.05. The Morgan fingerprint density at radius 3 is 2.88 bits per heavy atom. The molecule has 94 valence electrons. The highest BCUT2D eigenvalue weighted by molar-refractivity contribution is 7.85. The Morgan fingerprint density at radius 1 is 1.59 bits per heavy atom. The van der Waals surface area contributed by atoms with Crippen molar-refractivity contribution < 1.29 is 9.00 Å². The Kier molecular flexibility index (Phi) is 3.78. The third-order valence-corrected chi connectivity index (χ3v) is 4.09. The fourth-order valence-electron chi connectivity index (χ4n) is 1.82. The zero-order chi connectivity index (χ0) is 12.3. The smallest absolute Gasteiger partial charge is 0.241 e. The van der Waals surface area contributed by atoms with Crippen LogP contribution in [0.5, 0.6) is 0 Å². The van der Waals surface area contributed by atoms with Crippen LogP contribution in [0.25, 0.3) is 0 Å². The largest absolute Gasteiger partial charge is 0.396 e. The fourth-order valence-corrected chi connectivity index (χ4v) is 3.12. The lowest BCUT2D eigenvalue weighted by Gasteiger charge is -2.22. The van der Waals surface area contributed by atoms with Crippen LogP contribution >= 0.6 is 0 Å². The molecule has 0 radical (unpaired) electrons. The van der Waals surface area contributed by atoms with Crippen molar-refractivity contribution in [2.75, 3.05) is 17.2 Å². The van der Waals surface area contributed by atoms with E-state index in [1.54, 1.807) is 6.20 Å². The lowest BCUT2D eigenvalue weighted by atomic mass is 10.1. The Labute approximate surface area is 102 Å². The van der Waals surface area contributed by atoms with Crippen molar-refractivity contribution in [1.82, 2.24) is 15.1 Å². The minimum Gasteiger partial charge on any atom is -0.396 e. The predicted molar refractivity (Wildman–Crippen MR) is 65.7 cm³/mol. The van der Waals surface area contributed by atoms with E-state index in [1.807, 2.05) is 0 Å². The number of nitrogens with zero attached hydrogens (tertiary/aromatic N) is 2. The van der Waals surface area contributed by atoms with Gasteiger partial charge in [-0.3, -0.25) is 13.7 Å². The molecule has 0 spiro atoms. The van der Waals surface area contributed by atoms with Crippen molar-refractivity contribution in [3.8, 4) is 0 Å². The highest BCUT2D eigenvalue weighted by Gasteiger charge is 2.19. The number of hydrogen-bond acceptors (Lipinski definition) is 4. The number of anilines is 1. The van der Waals surface area contributed by atoms with E-state index in [0.717, 1.165) is 12.8 Å². The van der Waals surface area contributed by atoms with Crippen LogP contribution in [-0.4, -0.2) is 37.4 Å². The first-order chi connectivity index (χ1) is 8.13. The lowest BCUT2D eigenvalue weighted by molar-refractivity contribution is -0.122. The molecule has 1 saturated heterocycles. The third-order valence-electron chi connectivity index (χ3n) is 2.71. The zero-order valence-electron chi connectivity index (χ0n) is 9.46. The van der Waals surface area contributed by atoms with E-state index in [1.165, 1.54) is 10.9 Å². The first kappa shape index (κ1) is 12.1. The monoisotopic (exact) mass is 256 g/mol. The molecule has 7 heteroatoms. The standard InChI is InChI=1S/C10H16N4O2S/c11-8-5-12-14(6-8)7-10(15)13-9-1-3-17(16)4-2-9/h5-6,9H,1-4,7,11H2,(H,13,15). The first-order valence-electron chi connectivity index (χ1n) is 5.56. The zero-order valence-corrected chi connectivity index (χ0v) is 10.3. The van der Waals surface area contributed by atoms with E-state index in [2.05, 4.69) is 10.4 Å². The van der Waals surface area contributed by atoms with E-state index >= 15 is 0 Å². The Morgan fingerprint density at radius 2 is 2.29 bits per heavy atom. The molecule has 2 rings (SSSR count). The highest BCUT2D eigenvalue weighted by Crippen LogP contribution is 2.09. The molecule has 1 amide bonds. The van der Waals surface area contributed by atoms with Crippen molar-refractivity contribution in [2.45, 2.75) is 25.4 Å². The van der Waals surface area contributed by atoms with Crippen LogP contribution in [0.15, 0.2) is 12.4 Å². The third kappa shape index (κ3) is 3.55. The Balaban J connectivity index is 1.79. The van der Waals surface area contributed by atoms with Gasteiger partial charge in [0.05, 0.1) is 11.9 Å². The van der Waals surface area contributed by atoms with Crippen LogP contribution in [0.1, 0.15) is 12.8 Å². The van der Waals surface area contributed by atoms with Crippen molar-refractivity contribution in [1.29, 1.82) is 0 Å². The molecule has 1 aliphatic rings. The van der Waals surface area contributed by atoms with Gasteiger partial charge in [-0.1, -0.05) is 0 Å². The van der Waals surface area contributed by atoms with Gasteiger partial charge in [0.25, 0.3) is 0 Å². The number of carbonyl (C=O) groups excluding carboxylic acids is 1. The summed E-state index contributed by atoms with van der Waals surface area (Å²) >= 11 is 0. The summed E-state index contributed by atoms with van der Waals surface area (Å²) in [6, 6.07) is 0.146. The summed E-state index contributed by atoms with van der Waals surface area (Å²) < 4.78 is 12.7. The summed E-state index contributed by atoms with van der Waals surface area (Å²) in [5.74, 6) is 1.28. The first-order valence-corrected chi connectivity index (χ1v) is 7.04. The van der Waals surface area contributed by atoms with Gasteiger partial charge in [0, 0.05) is 34.5 Å². The van der Waals surface area contributed by atoms with Crippen LogP contribution in [-0.2, 0) is 22.1 Å². The van der Waals surface area contributed by atoms with Gasteiger partial charge >= 0.3 is 0 Å². The predicted octanol–water partition coefficient (Wildman–Crippen LogP) is -0.507. The number of nitrogens with one attached hydrogen (secondary N) is 1. The number of amides is 1. The molecule has 6 nitrogen and oxygen atoms in total. The van der Waals surface area contributed by atoms with Crippen molar-refractivity contribution in [3.05, 3.63) is 12.4 Å². The van der Waals surface area contributed by atoms with Crippen LogP contribution in [0.3, 0.4) is 0 Å². The molecule has 1 aromatic heterocycles. The van der Waals surface area contributed by atoms with Crippen molar-refractivity contribution in [2.24, 2.45) is 0 Å². The van der Waals surface area contributed by atoms with Gasteiger partial charge < -0.3 is 11.1 Å². The second kappa shape index (κ2) is 5.31. The van der Waals surface area contributed by atoms with Crippen molar-refractivity contribution in [3.63, 3.8) is 0 Å². The van der Waals surface area contributed by atoms with E-state index in [4.69, 9.17) is 5.73 Å². The maximum Gasteiger partial charge on any atom is 0.241 e. The summed E-state index contributed by atoms with van der Waals surface area (Å²) in [5, 5.41) is 6.87. The average Bonchev–Trinajstić information content (AvgIpc) is 2.67. The topological polar surface area (TPSA) is 90.0 Å². The molecular formula is C10H16N4O2S. The molecule has 0 atom stereocenters. The maximum atomic E-state index is 11.7. The minimum absolute atomic E-state index is 0.0780. The van der Waals surface area contributed by atoms with Crippen LogP contribution in [0.2, 0.25) is 0 Å². The van der Waals surface area contributed by atoms with E-state index in [-0.39, 0.29) is 18.5 Å². The van der Waals surface area contributed by atoms with Gasteiger partial charge in [-0.05, 0) is 12.8 Å². The molecule has 1 aliphatic heterocycles. The number of carbonyl (C=O) groups is 1. The number of nitrogens with two attached hydrogens (primary N) is 1. The molecule has 2 heterocycles. The number of aromatic nitrogens is 2. The van der Waals surface area contributed by atoms with E-state index in [9.17, 15) is 9.00 Å². The maximum absolute atomic E-state index is 11.7. The van der Waals surface area contributed by atoms with Crippen LogP contribution in [0.4, 0.5) is 5.69 Å². The summed E-state index contributed by atoms with van der Waals surface area (Å²) in [6.45, 7) is 0.177. The van der Waals surface area contributed by atoms with Crippen molar-refractivity contribution >= 4 is 22.4 Å². The van der Waals surface area contributed by atoms with Gasteiger partial charge in [0.2, 0.25) is 5.91 Å². The number of hydrogen-bond donors (Lipinski definition) is 2. The molecule has 17 heavy (non-hydrogen) atoms. The second-order valence-electron chi connectivity index (χ2n) is 4.16. The quantitative estimate of drug-likeness (QED) is 0.762. The molecule has 0 aliphatic carbocycles. The minimum atomic E-state index is -0.696. The molecule has 3 N–H and O–H groups in total. The van der Waals surface area contributed by atoms with Gasteiger partial charge in [-0.15, -0.1) is 0 Å². The normalized spacial score (nSPS) is 24.5. The van der Waals surface area contributed by atoms with Gasteiger partial charge in [-0.2, -0.15) is 5.10 Å². The summed E-state index contributed by atoms with van der Waals surface area (Å²) in [4.78, 5) is 11.7. The SMILES string of the molecule is Nc1cnn(CC(=O)NC2CCS(=O)CC2)c1.